The molecule has 1 aliphatic heterocycles. The van der Waals surface area contributed by atoms with Gasteiger partial charge in [-0.3, -0.25) is 9.35 Å². The Morgan fingerprint density at radius 1 is 0.661 bits per heavy atom. The molecule has 0 saturated carbocycles. The normalized spacial score (nSPS) is 21.0. The zero-order chi connectivity index (χ0) is 43.4. The third-order valence-electron chi connectivity index (χ3n) is 11.6. The first kappa shape index (κ1) is 55.9. The van der Waals surface area contributed by atoms with Crippen molar-refractivity contribution in [1.29, 1.82) is 0 Å². The number of unbranched alkanes of at least 4 members (excludes halogenated alkanes) is 29. The van der Waals surface area contributed by atoms with E-state index in [0.29, 0.717) is 6.42 Å². The quantitative estimate of drug-likeness (QED) is 0.0195. The molecule has 0 aromatic rings. The van der Waals surface area contributed by atoms with Crippen LogP contribution in [0.1, 0.15) is 219 Å². The van der Waals surface area contributed by atoms with Crippen LogP contribution in [0.5, 0.6) is 0 Å². The zero-order valence-corrected chi connectivity index (χ0v) is 38.1. The fourth-order valence-electron chi connectivity index (χ4n) is 7.81. The highest BCUT2D eigenvalue weighted by molar-refractivity contribution is 7.80. The molecule has 0 spiro atoms. The van der Waals surface area contributed by atoms with Crippen molar-refractivity contribution >= 4 is 16.3 Å². The summed E-state index contributed by atoms with van der Waals surface area (Å²) in [4.78, 5) is 13.0. The second-order valence-corrected chi connectivity index (χ2v) is 18.1. The predicted octanol–water partition coefficient (Wildman–Crippen LogP) is 9.55. The summed E-state index contributed by atoms with van der Waals surface area (Å²) in [6.45, 7) is 3.36. The topological polar surface area (TPSA) is 192 Å². The molecule has 1 aliphatic rings. The van der Waals surface area contributed by atoms with Crippen LogP contribution in [-0.4, -0.2) is 95.4 Å². The van der Waals surface area contributed by atoms with Gasteiger partial charge in [0.2, 0.25) is 5.91 Å². The van der Waals surface area contributed by atoms with Gasteiger partial charge in [-0.25, -0.2) is 4.18 Å². The molecule has 6 N–H and O–H groups in total. The van der Waals surface area contributed by atoms with Gasteiger partial charge in [-0.2, -0.15) is 8.42 Å². The van der Waals surface area contributed by atoms with E-state index in [4.69, 9.17) is 14.0 Å². The maximum Gasteiger partial charge on any atom is 0.397 e. The molecule has 0 aromatic heterocycles. The number of allylic oxidation sites excluding steroid dienone is 1. The molecule has 0 aliphatic carbocycles. The van der Waals surface area contributed by atoms with Gasteiger partial charge in [-0.1, -0.05) is 206 Å². The molecule has 1 heterocycles. The lowest BCUT2D eigenvalue weighted by molar-refractivity contribution is -0.298. The van der Waals surface area contributed by atoms with Gasteiger partial charge in [0.05, 0.1) is 25.4 Å². The number of carbonyl (C=O) groups is 1. The summed E-state index contributed by atoms with van der Waals surface area (Å²) in [6.07, 6.45) is 32.8. The summed E-state index contributed by atoms with van der Waals surface area (Å²) in [5, 5.41) is 44.6. The Morgan fingerprint density at radius 2 is 1.07 bits per heavy atom. The lowest BCUT2D eigenvalue weighted by Gasteiger charge is -2.41. The molecule has 7 unspecified atom stereocenters. The van der Waals surface area contributed by atoms with Gasteiger partial charge in [-0.05, 0) is 19.3 Å². The van der Waals surface area contributed by atoms with Gasteiger partial charge in [0.15, 0.2) is 6.29 Å². The Morgan fingerprint density at radius 3 is 1.47 bits per heavy atom. The highest BCUT2D eigenvalue weighted by Gasteiger charge is 2.48. The van der Waals surface area contributed by atoms with E-state index in [1.54, 1.807) is 6.08 Å². The predicted molar refractivity (Wildman–Crippen MR) is 236 cm³/mol. The van der Waals surface area contributed by atoms with Crippen molar-refractivity contribution < 1.29 is 51.8 Å². The second kappa shape index (κ2) is 37.4. The van der Waals surface area contributed by atoms with Crippen molar-refractivity contribution in [2.75, 3.05) is 13.2 Å². The van der Waals surface area contributed by atoms with Gasteiger partial charge < -0.3 is 35.2 Å². The van der Waals surface area contributed by atoms with Crippen LogP contribution in [0.3, 0.4) is 0 Å². The van der Waals surface area contributed by atoms with E-state index < -0.39 is 59.9 Å². The first-order chi connectivity index (χ1) is 28.5. The molecule has 12 nitrogen and oxygen atoms in total. The third kappa shape index (κ3) is 30.5. The number of carbonyl (C=O) groups excluding carboxylic acids is 1. The summed E-state index contributed by atoms with van der Waals surface area (Å²) >= 11 is 0. The van der Waals surface area contributed by atoms with Gasteiger partial charge in [0, 0.05) is 6.42 Å². The molecule has 1 rings (SSSR count). The second-order valence-electron chi connectivity index (χ2n) is 17.1. The molecule has 7 atom stereocenters. The molecule has 1 amide bonds. The average Bonchev–Trinajstić information content (AvgIpc) is 3.20. The van der Waals surface area contributed by atoms with Gasteiger partial charge >= 0.3 is 10.4 Å². The molecular formula is C46H89NO11S. The van der Waals surface area contributed by atoms with E-state index in [1.807, 2.05) is 6.08 Å². The first-order valence-electron chi connectivity index (χ1n) is 24.1. The largest absolute Gasteiger partial charge is 0.397 e. The Hall–Kier alpha value is -1.16. The molecule has 59 heavy (non-hydrogen) atoms. The third-order valence-corrected chi connectivity index (χ3v) is 12.0. The molecule has 350 valence electrons. The minimum absolute atomic E-state index is 0.261. The van der Waals surface area contributed by atoms with Crippen molar-refractivity contribution in [1.82, 2.24) is 5.32 Å². The minimum Gasteiger partial charge on any atom is -0.394 e. The molecule has 1 fully saturated rings. The van der Waals surface area contributed by atoms with Crippen LogP contribution in [0, 0.1) is 0 Å². The summed E-state index contributed by atoms with van der Waals surface area (Å²) in [7, 11) is -5.08. The first-order valence-corrected chi connectivity index (χ1v) is 25.4. The summed E-state index contributed by atoms with van der Waals surface area (Å²) in [5.74, 6) is -0.261. The maximum atomic E-state index is 13.0. The lowest BCUT2D eigenvalue weighted by Crippen LogP contribution is -2.61. The van der Waals surface area contributed by atoms with Crippen LogP contribution in [0.25, 0.3) is 0 Å². The molecular weight excluding hydrogens is 775 g/mol. The van der Waals surface area contributed by atoms with Crippen molar-refractivity contribution in [3.63, 3.8) is 0 Å². The highest BCUT2D eigenvalue weighted by atomic mass is 32.3. The van der Waals surface area contributed by atoms with E-state index >= 15 is 0 Å². The number of amides is 1. The fourth-order valence-corrected chi connectivity index (χ4v) is 8.32. The minimum atomic E-state index is -5.08. The van der Waals surface area contributed by atoms with Crippen LogP contribution < -0.4 is 5.32 Å². The average molecular weight is 864 g/mol. The van der Waals surface area contributed by atoms with E-state index in [9.17, 15) is 33.6 Å². The van der Waals surface area contributed by atoms with E-state index in [0.717, 1.165) is 44.9 Å². The Bertz CT molecular complexity index is 1110. The summed E-state index contributed by atoms with van der Waals surface area (Å²) < 4.78 is 47.5. The number of hydrogen-bond donors (Lipinski definition) is 6. The molecule has 0 bridgehead atoms. The lowest BCUT2D eigenvalue weighted by atomic mass is 9.99. The number of rotatable bonds is 41. The van der Waals surface area contributed by atoms with Gasteiger partial charge in [0.25, 0.3) is 0 Å². The highest BCUT2D eigenvalue weighted by Crippen LogP contribution is 2.26. The van der Waals surface area contributed by atoms with E-state index in [2.05, 4.69) is 23.3 Å². The van der Waals surface area contributed by atoms with Crippen molar-refractivity contribution in [3.05, 3.63) is 12.2 Å². The Kier molecular flexibility index (Phi) is 35.4. The standard InChI is InChI=1S/C46H89NO11S/c1-3-5-7-9-11-13-14-15-16-17-18-19-20-21-22-23-24-25-26-28-30-32-34-36-42(50)47-39(40(49)35-33-31-29-27-12-10-8-6-4-2)38-56-46-44(52)45(58-59(53,54)55)43(51)41(37-48)57-46/h33,35,39-41,43-46,48-49,51-52H,3-32,34,36-38H2,1-2H3,(H,47,50)(H,53,54,55)/b35-33+. The van der Waals surface area contributed by atoms with Gasteiger partial charge in [0.1, 0.15) is 24.4 Å². The van der Waals surface area contributed by atoms with Crippen molar-refractivity contribution in [2.24, 2.45) is 0 Å². The SMILES string of the molecule is CCCCCCCCC/C=C/C(O)C(COC1OC(CO)C(O)C(OS(=O)(=O)O)C1O)NC(=O)CCCCCCCCCCCCCCCCCCCCCCCCC. The van der Waals surface area contributed by atoms with Crippen molar-refractivity contribution in [2.45, 2.75) is 262 Å². The van der Waals surface area contributed by atoms with Crippen molar-refractivity contribution in [3.8, 4) is 0 Å². The number of hydrogen-bond acceptors (Lipinski definition) is 10. The van der Waals surface area contributed by atoms with Crippen LogP contribution in [0.2, 0.25) is 0 Å². The van der Waals surface area contributed by atoms with Gasteiger partial charge in [-0.15, -0.1) is 0 Å². The van der Waals surface area contributed by atoms with Crippen LogP contribution >= 0.6 is 0 Å². The smallest absolute Gasteiger partial charge is 0.394 e. The van der Waals surface area contributed by atoms with Crippen LogP contribution in [0.15, 0.2) is 12.2 Å². The van der Waals surface area contributed by atoms with E-state index in [1.165, 1.54) is 148 Å². The van der Waals surface area contributed by atoms with Crippen LogP contribution in [0.4, 0.5) is 0 Å². The zero-order valence-electron chi connectivity index (χ0n) is 37.3. The molecule has 0 radical (unpaired) electrons. The van der Waals surface area contributed by atoms with E-state index in [-0.39, 0.29) is 18.9 Å². The maximum absolute atomic E-state index is 13.0. The van der Waals surface area contributed by atoms with Crippen LogP contribution in [-0.2, 0) is 28.9 Å². The summed E-state index contributed by atoms with van der Waals surface area (Å²) in [6, 6.07) is -0.937. The monoisotopic (exact) mass is 864 g/mol. The Labute approximate surface area is 360 Å². The molecule has 0 aromatic carbocycles. The molecule has 1 saturated heterocycles. The fraction of sp³-hybridized carbons (Fsp3) is 0.935. The number of aliphatic hydroxyl groups excluding tert-OH is 4. The number of aliphatic hydroxyl groups is 4. The number of ether oxygens (including phenoxy) is 2. The Balaban J connectivity index is 2.35. The molecule has 13 heteroatoms. The number of nitrogens with one attached hydrogen (secondary N) is 1. The summed E-state index contributed by atoms with van der Waals surface area (Å²) in [5.41, 5.74) is 0.